The molecule has 0 aromatic heterocycles. The van der Waals surface area contributed by atoms with E-state index in [1.165, 1.54) is 0 Å². The average Bonchev–Trinajstić information content (AvgIpc) is 2.47. The van der Waals surface area contributed by atoms with Gasteiger partial charge in [0.25, 0.3) is 5.91 Å². The fourth-order valence-electron chi connectivity index (χ4n) is 2.51. The van der Waals surface area contributed by atoms with Crippen LogP contribution in [0.1, 0.15) is 30.1 Å². The molecule has 1 aliphatic rings. The van der Waals surface area contributed by atoms with Crippen molar-refractivity contribution in [3.63, 3.8) is 0 Å². The number of piperidine rings is 1. The summed E-state index contributed by atoms with van der Waals surface area (Å²) in [7, 11) is 1.56. The minimum Gasteiger partial charge on any atom is -0.495 e. The van der Waals surface area contributed by atoms with E-state index in [2.05, 4.69) is 0 Å². The van der Waals surface area contributed by atoms with Gasteiger partial charge in [-0.2, -0.15) is 0 Å². The topological polar surface area (TPSA) is 64.8 Å². The highest BCUT2D eigenvalue weighted by Crippen LogP contribution is 2.23. The molecule has 5 nitrogen and oxygen atoms in total. The van der Waals surface area contributed by atoms with Gasteiger partial charge in [0.05, 0.1) is 18.9 Å². The van der Waals surface area contributed by atoms with Gasteiger partial charge in [-0.1, -0.05) is 0 Å². The van der Waals surface area contributed by atoms with Crippen LogP contribution in [0, 0.1) is 0 Å². The quantitative estimate of drug-likeness (QED) is 0.855. The van der Waals surface area contributed by atoms with E-state index in [1.807, 2.05) is 11.8 Å². The Kier molecular flexibility index (Phi) is 4.84. The molecule has 0 atom stereocenters. The summed E-state index contributed by atoms with van der Waals surface area (Å²) in [6.07, 6.45) is 2.07. The zero-order valence-corrected chi connectivity index (χ0v) is 12.1. The molecule has 1 heterocycles. The van der Waals surface area contributed by atoms with Crippen molar-refractivity contribution < 1.29 is 14.3 Å². The van der Waals surface area contributed by atoms with Gasteiger partial charge in [-0.3, -0.25) is 4.79 Å². The predicted octanol–water partition coefficient (Wildman–Crippen LogP) is 1.92. The Morgan fingerprint density at radius 3 is 2.65 bits per heavy atom. The number of nitrogen functional groups attached to an aromatic ring is 1. The molecule has 0 aliphatic carbocycles. The number of anilines is 1. The van der Waals surface area contributed by atoms with Crippen LogP contribution in [0.2, 0.25) is 0 Å². The van der Waals surface area contributed by atoms with Gasteiger partial charge < -0.3 is 20.1 Å². The molecule has 1 aliphatic heterocycles. The van der Waals surface area contributed by atoms with Crippen molar-refractivity contribution in [1.82, 2.24) is 4.90 Å². The number of methoxy groups -OCH3 is 1. The third kappa shape index (κ3) is 3.22. The van der Waals surface area contributed by atoms with E-state index in [4.69, 9.17) is 15.2 Å². The minimum atomic E-state index is 0.0225. The average molecular weight is 278 g/mol. The molecular formula is C15H22N2O3. The van der Waals surface area contributed by atoms with Crippen molar-refractivity contribution in [2.75, 3.05) is 32.5 Å². The summed E-state index contributed by atoms with van der Waals surface area (Å²) in [5, 5.41) is 0. The number of carbonyl (C=O) groups excluding carboxylic acids is 1. The molecule has 2 rings (SSSR count). The monoisotopic (exact) mass is 278 g/mol. The highest BCUT2D eigenvalue weighted by molar-refractivity contribution is 5.95. The van der Waals surface area contributed by atoms with E-state index >= 15 is 0 Å². The largest absolute Gasteiger partial charge is 0.495 e. The molecule has 1 aromatic rings. The normalized spacial score (nSPS) is 16.2. The van der Waals surface area contributed by atoms with Gasteiger partial charge in [-0.25, -0.2) is 0 Å². The van der Waals surface area contributed by atoms with Gasteiger partial charge in [0, 0.05) is 25.3 Å². The summed E-state index contributed by atoms with van der Waals surface area (Å²) in [4.78, 5) is 14.3. The van der Waals surface area contributed by atoms with Crippen LogP contribution < -0.4 is 10.5 Å². The third-order valence-corrected chi connectivity index (χ3v) is 3.61. The Morgan fingerprint density at radius 2 is 2.10 bits per heavy atom. The summed E-state index contributed by atoms with van der Waals surface area (Å²) in [6, 6.07) is 5.16. The van der Waals surface area contributed by atoms with E-state index in [9.17, 15) is 4.79 Å². The van der Waals surface area contributed by atoms with E-state index in [0.29, 0.717) is 17.0 Å². The SMILES string of the molecule is CCOC1CCN(C(=O)c2ccc(OC)c(N)c2)CC1. The molecule has 0 radical (unpaired) electrons. The molecule has 1 aromatic carbocycles. The lowest BCUT2D eigenvalue weighted by molar-refractivity contribution is 0.0146. The second-order valence-corrected chi connectivity index (χ2v) is 4.90. The van der Waals surface area contributed by atoms with Crippen LogP contribution in [-0.2, 0) is 4.74 Å². The summed E-state index contributed by atoms with van der Waals surface area (Å²) >= 11 is 0. The van der Waals surface area contributed by atoms with Crippen molar-refractivity contribution in [3.8, 4) is 5.75 Å². The number of rotatable bonds is 4. The standard InChI is InChI=1S/C15H22N2O3/c1-3-20-12-6-8-17(9-7-12)15(18)11-4-5-14(19-2)13(16)10-11/h4-5,10,12H,3,6-9,16H2,1-2H3. The molecule has 1 saturated heterocycles. The van der Waals surface area contributed by atoms with E-state index in [-0.39, 0.29) is 12.0 Å². The van der Waals surface area contributed by atoms with Crippen LogP contribution >= 0.6 is 0 Å². The molecule has 110 valence electrons. The van der Waals surface area contributed by atoms with Crippen molar-refractivity contribution in [2.45, 2.75) is 25.9 Å². The maximum atomic E-state index is 12.4. The molecule has 0 spiro atoms. The lowest BCUT2D eigenvalue weighted by atomic mass is 10.1. The van der Waals surface area contributed by atoms with Gasteiger partial charge in [0.15, 0.2) is 0 Å². The molecular weight excluding hydrogens is 256 g/mol. The van der Waals surface area contributed by atoms with Gasteiger partial charge in [0.1, 0.15) is 5.75 Å². The number of hydrogen-bond acceptors (Lipinski definition) is 4. The zero-order valence-electron chi connectivity index (χ0n) is 12.1. The minimum absolute atomic E-state index is 0.0225. The number of nitrogens with two attached hydrogens (primary N) is 1. The van der Waals surface area contributed by atoms with Gasteiger partial charge >= 0.3 is 0 Å². The van der Waals surface area contributed by atoms with Crippen molar-refractivity contribution in [1.29, 1.82) is 0 Å². The highest BCUT2D eigenvalue weighted by Gasteiger charge is 2.24. The lowest BCUT2D eigenvalue weighted by Gasteiger charge is -2.31. The van der Waals surface area contributed by atoms with Crippen molar-refractivity contribution in [3.05, 3.63) is 23.8 Å². The molecule has 0 unspecified atom stereocenters. The molecule has 1 fully saturated rings. The molecule has 0 saturated carbocycles. The maximum Gasteiger partial charge on any atom is 0.253 e. The van der Waals surface area contributed by atoms with Crippen LogP contribution in [0.5, 0.6) is 5.75 Å². The fraction of sp³-hybridized carbons (Fsp3) is 0.533. The number of amides is 1. The lowest BCUT2D eigenvalue weighted by Crippen LogP contribution is -2.40. The van der Waals surface area contributed by atoms with Crippen LogP contribution in [-0.4, -0.2) is 43.7 Å². The number of likely N-dealkylation sites (tertiary alicyclic amines) is 1. The first kappa shape index (κ1) is 14.7. The Bertz CT molecular complexity index is 468. The van der Waals surface area contributed by atoms with Gasteiger partial charge in [-0.15, -0.1) is 0 Å². The zero-order chi connectivity index (χ0) is 14.5. The maximum absolute atomic E-state index is 12.4. The molecule has 2 N–H and O–H groups in total. The van der Waals surface area contributed by atoms with Crippen LogP contribution in [0.15, 0.2) is 18.2 Å². The number of benzene rings is 1. The summed E-state index contributed by atoms with van der Waals surface area (Å²) in [6.45, 7) is 4.19. The highest BCUT2D eigenvalue weighted by atomic mass is 16.5. The van der Waals surface area contributed by atoms with Crippen LogP contribution in [0.4, 0.5) is 5.69 Å². The molecule has 5 heteroatoms. The number of hydrogen-bond donors (Lipinski definition) is 1. The van der Waals surface area contributed by atoms with E-state index < -0.39 is 0 Å². The van der Waals surface area contributed by atoms with Crippen molar-refractivity contribution >= 4 is 11.6 Å². The first-order valence-electron chi connectivity index (χ1n) is 7.00. The first-order valence-corrected chi connectivity index (χ1v) is 7.00. The van der Waals surface area contributed by atoms with Gasteiger partial charge in [0.2, 0.25) is 0 Å². The second kappa shape index (κ2) is 6.61. The smallest absolute Gasteiger partial charge is 0.253 e. The number of carbonyl (C=O) groups is 1. The van der Waals surface area contributed by atoms with Crippen LogP contribution in [0.3, 0.4) is 0 Å². The Labute approximate surface area is 119 Å². The Balaban J connectivity index is 2.00. The van der Waals surface area contributed by atoms with Gasteiger partial charge in [-0.05, 0) is 38.0 Å². The molecule has 0 bridgehead atoms. The Morgan fingerprint density at radius 1 is 1.40 bits per heavy atom. The number of nitrogens with zero attached hydrogens (tertiary/aromatic N) is 1. The fourth-order valence-corrected chi connectivity index (χ4v) is 2.51. The number of ether oxygens (including phenoxy) is 2. The van der Waals surface area contributed by atoms with Crippen LogP contribution in [0.25, 0.3) is 0 Å². The van der Waals surface area contributed by atoms with Crippen molar-refractivity contribution in [2.24, 2.45) is 0 Å². The van der Waals surface area contributed by atoms with E-state index in [1.54, 1.807) is 25.3 Å². The predicted molar refractivity (Wildman–Crippen MR) is 78.0 cm³/mol. The molecule has 1 amide bonds. The third-order valence-electron chi connectivity index (χ3n) is 3.61. The summed E-state index contributed by atoms with van der Waals surface area (Å²) < 4.78 is 10.7. The second-order valence-electron chi connectivity index (χ2n) is 4.90. The van der Waals surface area contributed by atoms with E-state index in [0.717, 1.165) is 32.5 Å². The first-order chi connectivity index (χ1) is 9.65. The summed E-state index contributed by atoms with van der Waals surface area (Å²) in [5.41, 5.74) is 6.94. The summed E-state index contributed by atoms with van der Waals surface area (Å²) in [5.74, 6) is 0.617. The Hall–Kier alpha value is -1.75. The molecule has 20 heavy (non-hydrogen) atoms.